The molecule has 14 heteroatoms. The van der Waals surface area contributed by atoms with Gasteiger partial charge in [0, 0.05) is 72.4 Å². The minimum atomic E-state index is 0.114. The fourth-order valence-corrected chi connectivity index (χ4v) is 8.58. The van der Waals surface area contributed by atoms with E-state index in [0.29, 0.717) is 93.5 Å². The van der Waals surface area contributed by atoms with Crippen molar-refractivity contribution in [2.24, 2.45) is 11.8 Å². The van der Waals surface area contributed by atoms with Gasteiger partial charge in [0.25, 0.3) is 0 Å². The Morgan fingerprint density at radius 2 is 1.07 bits per heavy atom. The van der Waals surface area contributed by atoms with E-state index in [9.17, 15) is 9.59 Å². The van der Waals surface area contributed by atoms with Crippen LogP contribution >= 0.6 is 23.2 Å². The first-order valence-corrected chi connectivity index (χ1v) is 19.5. The van der Waals surface area contributed by atoms with Crippen LogP contribution in [0.3, 0.4) is 0 Å². The molecule has 2 saturated heterocycles. The van der Waals surface area contributed by atoms with Crippen LogP contribution in [0.1, 0.15) is 62.8 Å². The van der Waals surface area contributed by atoms with Crippen LogP contribution in [0, 0.1) is 11.8 Å². The maximum absolute atomic E-state index is 11.9. The molecule has 282 valence electrons. The molecule has 0 bridgehead atoms. The Bertz CT molecular complexity index is 1910. The summed E-state index contributed by atoms with van der Waals surface area (Å²) >= 11 is 14.3. The predicted molar refractivity (Wildman–Crippen MR) is 206 cm³/mol. The average molecular weight is 772 g/mol. The summed E-state index contributed by atoms with van der Waals surface area (Å²) in [5.74, 6) is 2.14. The molecule has 2 saturated carbocycles. The zero-order valence-corrected chi connectivity index (χ0v) is 31.8. The van der Waals surface area contributed by atoms with Crippen molar-refractivity contribution >= 4 is 35.0 Å². The van der Waals surface area contributed by atoms with E-state index in [2.05, 4.69) is 21.3 Å². The van der Waals surface area contributed by atoms with Crippen molar-refractivity contribution in [1.82, 2.24) is 41.2 Å². The van der Waals surface area contributed by atoms with Crippen LogP contribution in [0.4, 0.5) is 0 Å². The van der Waals surface area contributed by atoms with Gasteiger partial charge in [-0.2, -0.15) is 0 Å². The summed E-state index contributed by atoms with van der Waals surface area (Å²) in [7, 11) is 3.16. The van der Waals surface area contributed by atoms with Crippen LogP contribution in [0.2, 0.25) is 10.0 Å². The summed E-state index contributed by atoms with van der Waals surface area (Å²) in [4.78, 5) is 42.9. The standard InChI is InChI=1S/C40H44Cl2N8O4/c1-53-39-31(19-45-37(21-9-10-21)27-13-15-33(51)47-27)43-17-29(49-39)25-7-3-5-23(35(25)41)24-6-4-8-26(36(24)42)30-18-44-32(40(50-30)54-2)20-46-38(22-11-12-22)28-14-16-34(52)48-28/h3-8,17-18,21-22,27-28,37-38,45-46H,9-16,19-20H2,1-2H3,(H,47,51)(H,48,52)/t27-,28-,37+,38+/m0/s1. The quantitative estimate of drug-likeness (QED) is 0.115. The molecule has 2 aliphatic carbocycles. The summed E-state index contributed by atoms with van der Waals surface area (Å²) in [6.07, 6.45) is 10.9. The van der Waals surface area contributed by atoms with E-state index in [-0.39, 0.29) is 36.0 Å². The maximum Gasteiger partial charge on any atom is 0.237 e. The third kappa shape index (κ3) is 7.75. The normalized spacial score (nSPS) is 20.7. The first kappa shape index (κ1) is 36.6. The molecule has 54 heavy (non-hydrogen) atoms. The second kappa shape index (κ2) is 15.8. The van der Waals surface area contributed by atoms with Gasteiger partial charge < -0.3 is 30.7 Å². The Balaban J connectivity index is 1.01. The lowest BCUT2D eigenvalue weighted by Gasteiger charge is -2.25. The second-order valence-corrected chi connectivity index (χ2v) is 15.4. The Kier molecular flexibility index (Phi) is 10.7. The fraction of sp³-hybridized carbons (Fsp3) is 0.450. The summed E-state index contributed by atoms with van der Waals surface area (Å²) in [5.41, 5.74) is 5.32. The van der Waals surface area contributed by atoms with Crippen molar-refractivity contribution in [3.63, 3.8) is 0 Å². The van der Waals surface area contributed by atoms with Crippen molar-refractivity contribution in [2.75, 3.05) is 14.2 Å². The van der Waals surface area contributed by atoms with Crippen LogP contribution in [0.15, 0.2) is 48.8 Å². The molecule has 0 radical (unpaired) electrons. The van der Waals surface area contributed by atoms with E-state index in [1.807, 2.05) is 36.4 Å². The third-order valence-corrected chi connectivity index (χ3v) is 11.9. The van der Waals surface area contributed by atoms with Gasteiger partial charge in [0.2, 0.25) is 23.6 Å². The SMILES string of the molecule is COc1nc(-c2cccc(-c3cccc(-c4cnc(CN[C@H](C5CC5)[C@@H]5CCC(=O)N5)c(OC)n4)c3Cl)c2Cl)cnc1CN[C@H](C1CC1)[C@@H]1CCC(=O)N1. The fourth-order valence-electron chi connectivity index (χ4n) is 7.93. The number of nitrogens with one attached hydrogen (secondary N) is 4. The molecule has 0 unspecified atom stereocenters. The monoisotopic (exact) mass is 770 g/mol. The van der Waals surface area contributed by atoms with Crippen molar-refractivity contribution in [1.29, 1.82) is 0 Å². The zero-order chi connectivity index (χ0) is 37.3. The minimum Gasteiger partial charge on any atom is -0.480 e. The number of methoxy groups -OCH3 is 2. The Hall–Kier alpha value is -4.36. The molecule has 4 fully saturated rings. The summed E-state index contributed by atoms with van der Waals surface area (Å²) in [5, 5.41) is 14.4. The molecule has 12 nitrogen and oxygen atoms in total. The smallest absolute Gasteiger partial charge is 0.237 e. The van der Waals surface area contributed by atoms with Gasteiger partial charge in [-0.3, -0.25) is 19.6 Å². The summed E-state index contributed by atoms with van der Waals surface area (Å²) < 4.78 is 11.4. The summed E-state index contributed by atoms with van der Waals surface area (Å²) in [6, 6.07) is 12.1. The highest BCUT2D eigenvalue weighted by molar-refractivity contribution is 6.39. The van der Waals surface area contributed by atoms with Gasteiger partial charge >= 0.3 is 0 Å². The number of ether oxygens (including phenoxy) is 2. The Morgan fingerprint density at radius 3 is 1.43 bits per heavy atom. The van der Waals surface area contributed by atoms with Crippen molar-refractivity contribution < 1.29 is 19.1 Å². The highest BCUT2D eigenvalue weighted by atomic mass is 35.5. The highest BCUT2D eigenvalue weighted by Gasteiger charge is 2.40. The van der Waals surface area contributed by atoms with Gasteiger partial charge in [-0.05, 0) is 50.4 Å². The molecule has 2 aliphatic heterocycles. The van der Waals surface area contributed by atoms with Gasteiger partial charge in [-0.15, -0.1) is 0 Å². The number of rotatable bonds is 15. The Labute approximate surface area is 324 Å². The van der Waals surface area contributed by atoms with Gasteiger partial charge in [0.1, 0.15) is 11.4 Å². The van der Waals surface area contributed by atoms with E-state index in [1.165, 1.54) is 0 Å². The Morgan fingerprint density at radius 1 is 0.667 bits per heavy atom. The maximum atomic E-state index is 11.9. The average Bonchev–Trinajstić information content (AvgIpc) is 4.12. The number of benzene rings is 2. The molecule has 2 aromatic heterocycles. The molecule has 4 atom stereocenters. The second-order valence-electron chi connectivity index (χ2n) is 14.7. The number of nitrogens with zero attached hydrogens (tertiary/aromatic N) is 4. The van der Waals surface area contributed by atoms with E-state index in [1.54, 1.807) is 26.6 Å². The molecule has 2 amide bonds. The number of aromatic nitrogens is 4. The van der Waals surface area contributed by atoms with Crippen molar-refractivity contribution in [2.45, 2.75) is 88.6 Å². The minimum absolute atomic E-state index is 0.114. The van der Waals surface area contributed by atoms with Crippen LogP contribution in [0.25, 0.3) is 33.6 Å². The lowest BCUT2D eigenvalue weighted by Crippen LogP contribution is -2.47. The predicted octanol–water partition coefficient (Wildman–Crippen LogP) is 5.89. The largest absolute Gasteiger partial charge is 0.480 e. The first-order valence-electron chi connectivity index (χ1n) is 18.7. The molecular weight excluding hydrogens is 727 g/mol. The van der Waals surface area contributed by atoms with E-state index < -0.39 is 0 Å². The van der Waals surface area contributed by atoms with Gasteiger partial charge in [-0.1, -0.05) is 59.6 Å². The third-order valence-electron chi connectivity index (χ3n) is 11.0. The van der Waals surface area contributed by atoms with Crippen LogP contribution < -0.4 is 30.7 Å². The molecular formula is C40H44Cl2N8O4. The van der Waals surface area contributed by atoms with E-state index >= 15 is 0 Å². The van der Waals surface area contributed by atoms with Crippen molar-refractivity contribution in [3.8, 4) is 45.4 Å². The molecule has 4 aliphatic rings. The first-order chi connectivity index (χ1) is 26.3. The lowest BCUT2D eigenvalue weighted by atomic mass is 9.98. The highest BCUT2D eigenvalue weighted by Crippen LogP contribution is 2.43. The number of amides is 2. The lowest BCUT2D eigenvalue weighted by molar-refractivity contribution is -0.120. The van der Waals surface area contributed by atoms with Crippen LogP contribution in [-0.4, -0.2) is 70.1 Å². The molecule has 0 spiro atoms. The molecule has 8 rings (SSSR count). The molecule has 4 aromatic rings. The number of carbonyl (C=O) groups is 2. The van der Waals surface area contributed by atoms with Gasteiger partial charge in [0.05, 0.1) is 48.0 Å². The molecule has 2 aromatic carbocycles. The van der Waals surface area contributed by atoms with Crippen LogP contribution in [0.5, 0.6) is 11.8 Å². The molecule has 4 heterocycles. The van der Waals surface area contributed by atoms with Crippen molar-refractivity contribution in [3.05, 3.63) is 70.2 Å². The van der Waals surface area contributed by atoms with Gasteiger partial charge in [-0.25, -0.2) is 9.97 Å². The molecule has 4 N–H and O–H groups in total. The zero-order valence-electron chi connectivity index (χ0n) is 30.3. The summed E-state index contributed by atoms with van der Waals surface area (Å²) in [6.45, 7) is 0.929. The van der Waals surface area contributed by atoms with E-state index in [0.717, 1.165) is 49.7 Å². The topological polar surface area (TPSA) is 152 Å². The number of hydrogen-bond acceptors (Lipinski definition) is 10. The van der Waals surface area contributed by atoms with Gasteiger partial charge in [0.15, 0.2) is 0 Å². The van der Waals surface area contributed by atoms with Crippen LogP contribution in [-0.2, 0) is 22.7 Å². The number of halogens is 2. The van der Waals surface area contributed by atoms with E-state index in [4.69, 9.17) is 52.6 Å². The number of carbonyl (C=O) groups excluding carboxylic acids is 2. The number of hydrogen-bond donors (Lipinski definition) is 4.